The second-order valence-electron chi connectivity index (χ2n) is 23.5. The van der Waals surface area contributed by atoms with Crippen molar-refractivity contribution in [2.75, 3.05) is 65.3 Å². The summed E-state index contributed by atoms with van der Waals surface area (Å²) in [4.78, 5) is 36.7. The summed E-state index contributed by atoms with van der Waals surface area (Å²) in [5.41, 5.74) is 14.1. The SMILES string of the molecule is CC(C)(C)OC(=O)N1CCN(c2ccnc(N)c2)S1(=O)=O.CCCC(C)(C)CCOc1ccc(-c2nnn(CC)n2)cn1.CCn1nnc(-c2ccc(Cl)nc2)n1.CCn1nnc(-c2ccc(OCCC(C)(C)CCO)nc2)n1.Nc1cc(N2CCCS2(=O)=O)ccn1. The van der Waals surface area contributed by atoms with Crippen molar-refractivity contribution in [1.29, 1.82) is 0 Å². The molecule has 2 saturated heterocycles. The van der Waals surface area contributed by atoms with Gasteiger partial charge in [0.05, 0.1) is 63.1 Å². The van der Waals surface area contributed by atoms with Crippen molar-refractivity contribution in [2.24, 2.45) is 10.8 Å². The molecule has 0 spiro atoms. The monoisotopic (exact) mass is 1340 g/mol. The molecule has 10 rings (SSSR count). The average Bonchev–Trinajstić information content (AvgIpc) is 1.65. The van der Waals surface area contributed by atoms with Crippen LogP contribution >= 0.6 is 11.6 Å². The van der Waals surface area contributed by atoms with Crippen LogP contribution in [0.1, 0.15) is 115 Å². The number of nitrogens with zero attached hydrogens (tertiary/aromatic N) is 20. The van der Waals surface area contributed by atoms with E-state index < -0.39 is 31.9 Å². The number of halogens is 1. The lowest BCUT2D eigenvalue weighted by Gasteiger charge is -2.24. The highest BCUT2D eigenvalue weighted by atomic mass is 35.5. The van der Waals surface area contributed by atoms with Crippen LogP contribution < -0.4 is 29.6 Å². The van der Waals surface area contributed by atoms with Gasteiger partial charge in [0.2, 0.25) is 39.3 Å². The van der Waals surface area contributed by atoms with Crippen LogP contribution in [-0.4, -0.2) is 169 Å². The maximum Gasteiger partial charge on any atom is 0.425 e. The fourth-order valence-corrected chi connectivity index (χ4v) is 11.8. The van der Waals surface area contributed by atoms with Gasteiger partial charge in [-0.25, -0.2) is 38.1 Å². The highest BCUT2D eigenvalue weighted by molar-refractivity contribution is 7.93. The molecule has 34 heteroatoms. The summed E-state index contributed by atoms with van der Waals surface area (Å²) in [6.45, 7) is 26.2. The second-order valence-corrected chi connectivity index (χ2v) is 27.7. The molecule has 0 unspecified atom stereocenters. The van der Waals surface area contributed by atoms with E-state index in [1.807, 2.05) is 45.0 Å². The van der Waals surface area contributed by atoms with Crippen molar-refractivity contribution in [3.05, 3.63) is 96.8 Å². The van der Waals surface area contributed by atoms with E-state index in [4.69, 9.17) is 42.4 Å². The predicted molar refractivity (Wildman–Crippen MR) is 352 cm³/mol. The molecule has 5 N–H and O–H groups in total. The first-order valence-electron chi connectivity index (χ1n) is 30.3. The molecular formula is C59H85ClN22O9S2. The standard InChI is InChI=1S/C16H25N5O.C15H23N5O2.C12H18N4O4S.C8H8ClN5.C8H11N3O2S/c1-5-9-16(3,4)10-11-22-14-8-7-13(12-17-14)15-18-20-21(6-2)19-15;1-4-20-18-14(17-19-20)12-5-6-13(16-11-12)22-10-8-15(2,3)7-9-21;1-12(2,3)20-11(17)16-7-6-15(21(16,18)19)9-4-5-14-10(13)8-9;1-2-14-12-8(11-13-14)6-3-4-7(9)10-5-6;9-8-6-7(2-3-10-8)11-4-1-5-14(11,12)13/h7-8,12H,5-6,9-11H2,1-4H3;5-6,11,21H,4,7-10H2,1-3H3;4-5,8H,6-7H2,1-3H3,(H2,13,14);3-5H,2H2,1H3;2-3,6H,1,4-5H2,(H2,9,10). The molecule has 0 saturated carbocycles. The van der Waals surface area contributed by atoms with Crippen molar-refractivity contribution in [1.82, 2.24) is 89.8 Å². The number of nitrogen functional groups attached to an aromatic ring is 2. The maximum absolute atomic E-state index is 12.4. The number of tetrazole rings is 3. The number of aliphatic hydroxyl groups is 1. The molecule has 2 aliphatic rings. The summed E-state index contributed by atoms with van der Waals surface area (Å²) in [5, 5.41) is 45.7. The number of ether oxygens (including phenoxy) is 3. The first-order valence-corrected chi connectivity index (χ1v) is 33.7. The fraction of sp³-hybridized carbons (Fsp3) is 0.508. The van der Waals surface area contributed by atoms with Crippen LogP contribution in [0.4, 0.5) is 27.8 Å². The van der Waals surface area contributed by atoms with Crippen molar-refractivity contribution in [3.63, 3.8) is 0 Å². The number of aliphatic hydroxyl groups excluding tert-OH is 1. The number of pyridine rings is 5. The van der Waals surface area contributed by atoms with Gasteiger partial charge in [-0.15, -0.1) is 30.6 Å². The van der Waals surface area contributed by atoms with Crippen LogP contribution in [0.5, 0.6) is 11.8 Å². The summed E-state index contributed by atoms with van der Waals surface area (Å²) in [6, 6.07) is 17.1. The number of hydrogen-bond donors (Lipinski definition) is 3. The minimum atomic E-state index is -3.96. The molecule has 504 valence electrons. The number of aromatic nitrogens is 17. The van der Waals surface area contributed by atoms with Crippen LogP contribution in [-0.2, 0) is 44.6 Å². The average molecular weight is 1350 g/mol. The molecule has 8 aromatic heterocycles. The summed E-state index contributed by atoms with van der Waals surface area (Å²) < 4.78 is 67.6. The Morgan fingerprint density at radius 2 is 1.03 bits per heavy atom. The van der Waals surface area contributed by atoms with Crippen molar-refractivity contribution < 1.29 is 40.9 Å². The Morgan fingerprint density at radius 3 is 1.40 bits per heavy atom. The molecule has 31 nitrogen and oxygen atoms in total. The number of aryl methyl sites for hydroxylation is 3. The van der Waals surface area contributed by atoms with E-state index in [-0.39, 0.29) is 36.7 Å². The van der Waals surface area contributed by atoms with Crippen LogP contribution in [0.25, 0.3) is 34.2 Å². The molecule has 0 radical (unpaired) electrons. The van der Waals surface area contributed by atoms with E-state index in [0.717, 1.165) is 44.6 Å². The van der Waals surface area contributed by atoms with Crippen LogP contribution in [0.15, 0.2) is 91.6 Å². The van der Waals surface area contributed by atoms with Gasteiger partial charge in [-0.1, -0.05) is 52.6 Å². The molecule has 10 heterocycles. The van der Waals surface area contributed by atoms with Crippen molar-refractivity contribution in [2.45, 2.75) is 140 Å². The largest absolute Gasteiger partial charge is 0.478 e. The predicted octanol–water partition coefficient (Wildman–Crippen LogP) is 7.86. The summed E-state index contributed by atoms with van der Waals surface area (Å²) >= 11 is 5.66. The summed E-state index contributed by atoms with van der Waals surface area (Å²) in [5.74, 6) is 3.69. The van der Waals surface area contributed by atoms with Gasteiger partial charge in [-0.3, -0.25) is 8.61 Å². The third-order valence-electron chi connectivity index (χ3n) is 13.8. The Bertz CT molecular complexity index is 3730. The molecule has 0 aliphatic carbocycles. The molecule has 0 bridgehead atoms. The Hall–Kier alpha value is -8.82. The fourth-order valence-electron chi connectivity index (χ4n) is 8.68. The zero-order chi connectivity index (χ0) is 68.0. The van der Waals surface area contributed by atoms with Crippen molar-refractivity contribution >= 4 is 60.9 Å². The molecule has 2 aliphatic heterocycles. The molecule has 1 amide bonds. The summed E-state index contributed by atoms with van der Waals surface area (Å²) in [7, 11) is -7.07. The highest BCUT2D eigenvalue weighted by Gasteiger charge is 2.42. The lowest BCUT2D eigenvalue weighted by molar-refractivity contribution is 0.0404. The van der Waals surface area contributed by atoms with E-state index in [9.17, 15) is 21.6 Å². The molecule has 93 heavy (non-hydrogen) atoms. The normalized spacial score (nSPS) is 14.1. The van der Waals surface area contributed by atoms with E-state index in [2.05, 4.69) is 106 Å². The number of carbonyl (C=O) groups excluding carboxylic acids is 1. The van der Waals surface area contributed by atoms with Crippen LogP contribution in [0.3, 0.4) is 0 Å². The smallest absolute Gasteiger partial charge is 0.425 e. The molecular weight excluding hydrogens is 1260 g/mol. The Kier molecular flexibility index (Phi) is 26.5. The van der Waals surface area contributed by atoms with Crippen molar-refractivity contribution in [3.8, 4) is 45.9 Å². The second kappa shape index (κ2) is 33.7. The Labute approximate surface area is 547 Å². The molecule has 0 aromatic carbocycles. The number of hydrogen-bond acceptors (Lipinski definition) is 25. The number of sulfonamides is 1. The van der Waals surface area contributed by atoms with E-state index in [0.29, 0.717) is 103 Å². The zero-order valence-electron chi connectivity index (χ0n) is 54.5. The number of amides is 1. The summed E-state index contributed by atoms with van der Waals surface area (Å²) in [6.07, 6.45) is 12.8. The van der Waals surface area contributed by atoms with Gasteiger partial charge in [-0.2, -0.15) is 27.1 Å². The number of carbonyl (C=O) groups is 1. The first kappa shape index (κ1) is 73.2. The first-order chi connectivity index (χ1) is 44.1. The molecule has 8 aromatic rings. The topological polar surface area (TPSA) is 390 Å². The number of rotatable bonds is 20. The maximum atomic E-state index is 12.4. The zero-order valence-corrected chi connectivity index (χ0v) is 56.9. The minimum absolute atomic E-state index is 0.0273. The van der Waals surface area contributed by atoms with Gasteiger partial charge in [-0.05, 0) is 137 Å². The lowest BCUT2D eigenvalue weighted by atomic mass is 9.85. The van der Waals surface area contributed by atoms with E-state index in [1.165, 1.54) is 51.3 Å². The lowest BCUT2D eigenvalue weighted by Crippen LogP contribution is -2.40. The van der Waals surface area contributed by atoms with Crippen LogP contribution in [0.2, 0.25) is 5.15 Å². The third-order valence-corrected chi connectivity index (χ3v) is 17.8. The Morgan fingerprint density at radius 1 is 0.581 bits per heavy atom. The van der Waals surface area contributed by atoms with E-state index in [1.54, 1.807) is 68.4 Å². The van der Waals surface area contributed by atoms with Gasteiger partial charge < -0.3 is 30.8 Å². The van der Waals surface area contributed by atoms with Gasteiger partial charge in [0, 0.05) is 85.1 Å². The van der Waals surface area contributed by atoms with Gasteiger partial charge in [0.15, 0.2) is 0 Å². The highest BCUT2D eigenvalue weighted by Crippen LogP contribution is 2.30. The third kappa shape index (κ3) is 22.8. The quantitative estimate of drug-likeness (QED) is 0.0611. The number of nitrogens with two attached hydrogens (primary N) is 2. The molecule has 0 atom stereocenters. The van der Waals surface area contributed by atoms with Gasteiger partial charge >= 0.3 is 16.3 Å². The van der Waals surface area contributed by atoms with Gasteiger partial charge in [0.1, 0.15) is 22.4 Å². The molecule has 2 fully saturated rings. The van der Waals surface area contributed by atoms with Crippen LogP contribution in [0, 0.1) is 10.8 Å². The van der Waals surface area contributed by atoms with Gasteiger partial charge in [0.25, 0.3) is 0 Å². The Balaban J connectivity index is 0.000000187. The number of anilines is 4. The minimum Gasteiger partial charge on any atom is -0.478 e. The van der Waals surface area contributed by atoms with E-state index >= 15 is 0 Å².